The Morgan fingerprint density at radius 3 is 2.33 bits per heavy atom. The number of nitrogens with one attached hydrogen (secondary N) is 1. The third kappa shape index (κ3) is 6.23. The first kappa shape index (κ1) is 28.2. The molecule has 2 aromatic carbocycles. The van der Waals surface area contributed by atoms with E-state index < -0.39 is 47.6 Å². The summed E-state index contributed by atoms with van der Waals surface area (Å²) < 4.78 is 67.9. The second-order valence-electron chi connectivity index (χ2n) is 8.11. The first-order valence-electron chi connectivity index (χ1n) is 11.0. The van der Waals surface area contributed by atoms with Crippen molar-refractivity contribution in [3.8, 4) is 0 Å². The normalized spacial score (nSPS) is 11.2. The molecule has 0 bridgehead atoms. The number of halogens is 5. The lowest BCUT2D eigenvalue weighted by atomic mass is 10.1. The van der Waals surface area contributed by atoms with Crippen molar-refractivity contribution in [1.29, 1.82) is 0 Å². The maximum absolute atomic E-state index is 14.0. The topological polar surface area (TPSA) is 132 Å². The van der Waals surface area contributed by atoms with E-state index in [0.29, 0.717) is 5.69 Å². The fourth-order valence-corrected chi connectivity index (χ4v) is 4.18. The van der Waals surface area contributed by atoms with Crippen LogP contribution in [0.4, 0.5) is 38.6 Å². The van der Waals surface area contributed by atoms with Crippen molar-refractivity contribution in [2.24, 2.45) is 7.05 Å². The number of aryl methyl sites for hydroxylation is 1. The zero-order valence-electron chi connectivity index (χ0n) is 20.2. The van der Waals surface area contributed by atoms with E-state index in [4.69, 9.17) is 5.73 Å². The van der Waals surface area contributed by atoms with Gasteiger partial charge in [0.15, 0.2) is 5.13 Å². The summed E-state index contributed by atoms with van der Waals surface area (Å²) in [4.78, 5) is 49.0. The van der Waals surface area contributed by atoms with Gasteiger partial charge >= 0.3 is 12.1 Å². The molecule has 10 nitrogen and oxygen atoms in total. The number of nitrogens with zero attached hydrogens (tertiary/aromatic N) is 4. The maximum Gasteiger partial charge on any atom is 0.493 e. The van der Waals surface area contributed by atoms with Gasteiger partial charge in [-0.3, -0.25) is 9.59 Å². The number of alkyl halides is 3. The monoisotopic (exact) mass is 580 g/mol. The van der Waals surface area contributed by atoms with E-state index in [9.17, 15) is 36.3 Å². The SMILES string of the molecule is Cn1cnc(CN(OC(=O)C(F)(F)F)C(=O)c2ccc(Nc3nc(N)c(C(=O)c4c(F)cccc4F)s3)cc2)c1. The number of ketones is 1. The predicted octanol–water partition coefficient (Wildman–Crippen LogP) is 4.37. The molecule has 16 heteroatoms. The van der Waals surface area contributed by atoms with Crippen LogP contribution in [0, 0.1) is 11.6 Å². The van der Waals surface area contributed by atoms with Gasteiger partial charge in [0.2, 0.25) is 5.78 Å². The Morgan fingerprint density at radius 2 is 1.75 bits per heavy atom. The van der Waals surface area contributed by atoms with Crippen molar-refractivity contribution < 1.29 is 41.2 Å². The van der Waals surface area contributed by atoms with Crippen LogP contribution in [0.1, 0.15) is 31.3 Å². The summed E-state index contributed by atoms with van der Waals surface area (Å²) in [6.07, 6.45) is -2.57. The van der Waals surface area contributed by atoms with Crippen LogP contribution in [0.2, 0.25) is 0 Å². The smallest absolute Gasteiger partial charge is 0.382 e. The number of benzene rings is 2. The molecule has 0 spiro atoms. The third-order valence-corrected chi connectivity index (χ3v) is 6.13. The number of nitrogen functional groups attached to an aromatic ring is 1. The Bertz CT molecular complexity index is 1570. The number of imidazole rings is 1. The molecule has 0 atom stereocenters. The molecule has 0 aliphatic carbocycles. The lowest BCUT2D eigenvalue weighted by Gasteiger charge is -2.21. The number of carbonyl (C=O) groups excluding carboxylic acids is 3. The molecule has 4 rings (SSSR count). The second kappa shape index (κ2) is 11.1. The molecular formula is C24H17F5N6O4S. The van der Waals surface area contributed by atoms with Crippen LogP contribution >= 0.6 is 11.3 Å². The number of hydrogen-bond acceptors (Lipinski definition) is 9. The van der Waals surface area contributed by atoms with Gasteiger partial charge in [-0.25, -0.2) is 23.5 Å². The second-order valence-corrected chi connectivity index (χ2v) is 9.11. The Kier molecular flexibility index (Phi) is 7.81. The Labute approximate surface area is 225 Å². The summed E-state index contributed by atoms with van der Waals surface area (Å²) in [6.45, 7) is -0.556. The average molecular weight is 580 g/mol. The van der Waals surface area contributed by atoms with Gasteiger partial charge in [0, 0.05) is 24.5 Å². The van der Waals surface area contributed by atoms with Crippen LogP contribution in [0.3, 0.4) is 0 Å². The quantitative estimate of drug-likeness (QED) is 0.187. The molecule has 0 radical (unpaired) electrons. The Morgan fingerprint density at radius 1 is 1.10 bits per heavy atom. The lowest BCUT2D eigenvalue weighted by Crippen LogP contribution is -2.38. The van der Waals surface area contributed by atoms with Gasteiger partial charge in [-0.15, -0.1) is 0 Å². The first-order chi connectivity index (χ1) is 18.8. The van der Waals surface area contributed by atoms with Gasteiger partial charge in [0.1, 0.15) is 28.9 Å². The minimum Gasteiger partial charge on any atom is -0.382 e. The van der Waals surface area contributed by atoms with Gasteiger partial charge in [-0.2, -0.15) is 18.2 Å². The van der Waals surface area contributed by atoms with E-state index in [1.807, 2.05) is 0 Å². The number of hydroxylamine groups is 2. The summed E-state index contributed by atoms with van der Waals surface area (Å²) in [7, 11) is 1.60. The fraction of sp³-hybridized carbons (Fsp3) is 0.125. The summed E-state index contributed by atoms with van der Waals surface area (Å²) in [5.74, 6) is -7.05. The van der Waals surface area contributed by atoms with Crippen molar-refractivity contribution >= 4 is 45.6 Å². The number of amides is 1. The van der Waals surface area contributed by atoms with Gasteiger partial charge in [-0.05, 0) is 36.4 Å². The molecule has 0 aliphatic rings. The van der Waals surface area contributed by atoms with E-state index in [-0.39, 0.29) is 32.1 Å². The van der Waals surface area contributed by atoms with Crippen LogP contribution in [0.5, 0.6) is 0 Å². The minimum atomic E-state index is -5.34. The molecule has 0 fully saturated rings. The first-order valence-corrected chi connectivity index (χ1v) is 11.8. The highest BCUT2D eigenvalue weighted by Crippen LogP contribution is 2.31. The summed E-state index contributed by atoms with van der Waals surface area (Å²) in [5, 5.41) is 3.12. The highest BCUT2D eigenvalue weighted by molar-refractivity contribution is 7.18. The van der Waals surface area contributed by atoms with Crippen molar-refractivity contribution in [3.63, 3.8) is 0 Å². The number of rotatable bonds is 7. The molecule has 0 unspecified atom stereocenters. The van der Waals surface area contributed by atoms with E-state index in [0.717, 1.165) is 29.5 Å². The highest BCUT2D eigenvalue weighted by Gasteiger charge is 2.43. The van der Waals surface area contributed by atoms with Crippen LogP contribution in [0.25, 0.3) is 0 Å². The van der Waals surface area contributed by atoms with Crippen LogP contribution in [-0.2, 0) is 23.2 Å². The molecular weight excluding hydrogens is 563 g/mol. The molecule has 2 aromatic heterocycles. The highest BCUT2D eigenvalue weighted by atomic mass is 32.1. The average Bonchev–Trinajstić information content (AvgIpc) is 3.47. The summed E-state index contributed by atoms with van der Waals surface area (Å²) in [5.41, 5.74) is 5.33. The number of thiazole rings is 1. The molecule has 0 aliphatic heterocycles. The van der Waals surface area contributed by atoms with E-state index in [2.05, 4.69) is 20.1 Å². The Hall–Kier alpha value is -4.86. The van der Waals surface area contributed by atoms with Crippen molar-refractivity contribution in [1.82, 2.24) is 19.6 Å². The Balaban J connectivity index is 1.51. The number of nitrogens with two attached hydrogens (primary N) is 1. The van der Waals surface area contributed by atoms with Crippen molar-refractivity contribution in [3.05, 3.63) is 88.3 Å². The predicted molar refractivity (Wildman–Crippen MR) is 131 cm³/mol. The molecule has 0 saturated carbocycles. The molecule has 40 heavy (non-hydrogen) atoms. The number of carbonyl (C=O) groups is 3. The van der Waals surface area contributed by atoms with E-state index in [1.165, 1.54) is 41.4 Å². The van der Waals surface area contributed by atoms with Crippen LogP contribution in [-0.4, -0.2) is 43.4 Å². The van der Waals surface area contributed by atoms with E-state index in [1.54, 1.807) is 7.05 Å². The molecule has 4 aromatic rings. The minimum absolute atomic E-state index is 0.0764. The van der Waals surface area contributed by atoms with Crippen LogP contribution < -0.4 is 11.1 Å². The maximum atomic E-state index is 14.0. The number of aromatic nitrogens is 3. The lowest BCUT2D eigenvalue weighted by molar-refractivity contribution is -0.230. The molecule has 1 amide bonds. The summed E-state index contributed by atoms with van der Waals surface area (Å²) >= 11 is 0.724. The van der Waals surface area contributed by atoms with Crippen LogP contribution in [0.15, 0.2) is 55.0 Å². The molecule has 0 saturated heterocycles. The zero-order chi connectivity index (χ0) is 29.2. The van der Waals surface area contributed by atoms with Gasteiger partial charge < -0.3 is 20.5 Å². The van der Waals surface area contributed by atoms with Crippen molar-refractivity contribution in [2.45, 2.75) is 12.7 Å². The number of anilines is 3. The molecule has 208 valence electrons. The van der Waals surface area contributed by atoms with Gasteiger partial charge in [-0.1, -0.05) is 17.4 Å². The molecule has 3 N–H and O–H groups in total. The van der Waals surface area contributed by atoms with Crippen molar-refractivity contribution in [2.75, 3.05) is 11.1 Å². The van der Waals surface area contributed by atoms with Gasteiger partial charge in [0.25, 0.3) is 5.91 Å². The third-order valence-electron chi connectivity index (χ3n) is 5.15. The van der Waals surface area contributed by atoms with E-state index >= 15 is 0 Å². The summed E-state index contributed by atoms with van der Waals surface area (Å²) in [6, 6.07) is 8.14. The fourth-order valence-electron chi connectivity index (χ4n) is 3.33. The van der Waals surface area contributed by atoms with Gasteiger partial charge in [0.05, 0.1) is 17.6 Å². The molecule has 2 heterocycles. The number of hydrogen-bond donors (Lipinski definition) is 2. The zero-order valence-corrected chi connectivity index (χ0v) is 21.0. The largest absolute Gasteiger partial charge is 0.493 e. The standard InChI is InChI=1S/C24H17F5N6O4S/c1-34-9-14(31-11-34)10-35(39-22(38)24(27,28)29)21(37)12-5-7-13(8-6-12)32-23-33-20(30)19(40-23)18(36)17-15(25)3-2-4-16(17)26/h2-9,11H,10,30H2,1H3,(H,32,33).